The molecule has 16 heavy (non-hydrogen) atoms. The van der Waals surface area contributed by atoms with Gasteiger partial charge in [-0.15, -0.1) is 0 Å². The quantitative estimate of drug-likeness (QED) is 0.687. The van der Waals surface area contributed by atoms with Gasteiger partial charge < -0.3 is 0 Å². The van der Waals surface area contributed by atoms with Crippen LogP contribution in [0.3, 0.4) is 0 Å². The second-order valence-electron chi connectivity index (χ2n) is 3.61. The third-order valence-electron chi connectivity index (χ3n) is 2.46. The van der Waals surface area contributed by atoms with E-state index in [2.05, 4.69) is 66.9 Å². The van der Waals surface area contributed by atoms with Gasteiger partial charge in [0.15, 0.2) is 0 Å². The van der Waals surface area contributed by atoms with Gasteiger partial charge in [0.2, 0.25) is 0 Å². The maximum Gasteiger partial charge on any atom is 0.0668 e. The van der Waals surface area contributed by atoms with Gasteiger partial charge in [0, 0.05) is 0 Å². The van der Waals surface area contributed by atoms with Crippen molar-refractivity contribution in [2.75, 3.05) is 0 Å². The summed E-state index contributed by atoms with van der Waals surface area (Å²) in [6.45, 7) is 2.18. The Morgan fingerprint density at radius 2 is 1.44 bits per heavy atom. The lowest BCUT2D eigenvalue weighted by molar-refractivity contribution is 1.60. The molecular weight excluding hydrogens is 208 g/mol. The van der Waals surface area contributed by atoms with Crippen molar-refractivity contribution >= 4 is 15.6 Å². The molecule has 1 heteroatoms. The van der Waals surface area contributed by atoms with E-state index in [1.165, 1.54) is 16.7 Å². The number of benzene rings is 2. The predicted molar refractivity (Wildman–Crippen MR) is 72.5 cm³/mol. The molecule has 0 fully saturated rings. The van der Waals surface area contributed by atoms with Crippen LogP contribution in [0.2, 0.25) is 6.55 Å². The Bertz CT molecular complexity index is 455. The number of hydrogen-bond acceptors (Lipinski definition) is 0. The molecule has 0 spiro atoms. The summed E-state index contributed by atoms with van der Waals surface area (Å²) in [5.41, 5.74) is 6.03. The van der Waals surface area contributed by atoms with Crippen molar-refractivity contribution in [1.82, 2.24) is 0 Å². The first-order valence-electron chi connectivity index (χ1n) is 5.39. The molecule has 0 amide bonds. The van der Waals surface area contributed by atoms with Gasteiger partial charge in [-0.05, 0) is 16.7 Å². The molecule has 0 atom stereocenters. The van der Waals surface area contributed by atoms with Crippen LogP contribution in [0.15, 0.2) is 60.3 Å². The summed E-state index contributed by atoms with van der Waals surface area (Å²) < 4.78 is 0. The summed E-state index contributed by atoms with van der Waals surface area (Å²) in [4.78, 5) is 0. The summed E-state index contributed by atoms with van der Waals surface area (Å²) in [5.74, 6) is 0. The minimum absolute atomic E-state index is 0.873. The molecule has 78 valence electrons. The van der Waals surface area contributed by atoms with E-state index in [4.69, 9.17) is 0 Å². The SMILES string of the molecule is C[Si]/C=C/c1ccc(-c2ccccc2)cc1. The number of rotatable bonds is 3. The first kappa shape index (κ1) is 10.9. The van der Waals surface area contributed by atoms with E-state index < -0.39 is 0 Å². The Hall–Kier alpha value is -1.60. The van der Waals surface area contributed by atoms with E-state index in [0.717, 1.165) is 9.52 Å². The van der Waals surface area contributed by atoms with Crippen LogP contribution in [-0.2, 0) is 0 Å². The molecule has 0 saturated heterocycles. The first-order chi connectivity index (χ1) is 7.90. The van der Waals surface area contributed by atoms with E-state index in [0.29, 0.717) is 0 Å². The van der Waals surface area contributed by atoms with E-state index >= 15 is 0 Å². The lowest BCUT2D eigenvalue weighted by Gasteiger charge is -2.01. The van der Waals surface area contributed by atoms with Gasteiger partial charge in [-0.2, -0.15) is 0 Å². The fourth-order valence-corrected chi connectivity index (χ4v) is 1.96. The average Bonchev–Trinajstić information content (AvgIpc) is 2.38. The molecule has 0 saturated carbocycles. The van der Waals surface area contributed by atoms with Gasteiger partial charge in [0.1, 0.15) is 0 Å². The molecule has 0 unspecified atom stereocenters. The van der Waals surface area contributed by atoms with E-state index in [1.54, 1.807) is 0 Å². The Labute approximate surface area is 99.5 Å². The van der Waals surface area contributed by atoms with Gasteiger partial charge in [0.05, 0.1) is 9.52 Å². The normalized spacial score (nSPS) is 10.8. The molecule has 0 aromatic heterocycles. The Balaban J connectivity index is 2.23. The summed E-state index contributed by atoms with van der Waals surface area (Å²) in [7, 11) is 0.873. The predicted octanol–water partition coefficient (Wildman–Crippen LogP) is 4.08. The Morgan fingerprint density at radius 3 is 2.06 bits per heavy atom. The molecule has 0 aliphatic heterocycles. The van der Waals surface area contributed by atoms with Crippen molar-refractivity contribution in [3.63, 3.8) is 0 Å². The van der Waals surface area contributed by atoms with E-state index in [9.17, 15) is 0 Å². The fourth-order valence-electron chi connectivity index (χ4n) is 1.60. The highest BCUT2D eigenvalue weighted by Crippen LogP contribution is 2.19. The van der Waals surface area contributed by atoms with Gasteiger partial charge in [-0.1, -0.05) is 72.9 Å². The molecular formula is C15H14Si. The first-order valence-corrected chi connectivity index (χ1v) is 6.97. The maximum absolute atomic E-state index is 2.21. The van der Waals surface area contributed by atoms with Crippen LogP contribution in [-0.4, -0.2) is 9.52 Å². The minimum Gasteiger partial charge on any atom is -0.0985 e. The molecule has 0 nitrogen and oxygen atoms in total. The van der Waals surface area contributed by atoms with Crippen LogP contribution in [0.5, 0.6) is 0 Å². The van der Waals surface area contributed by atoms with Crippen molar-refractivity contribution in [2.24, 2.45) is 0 Å². The van der Waals surface area contributed by atoms with Crippen LogP contribution >= 0.6 is 0 Å². The van der Waals surface area contributed by atoms with Gasteiger partial charge in [-0.3, -0.25) is 0 Å². The lowest BCUT2D eigenvalue weighted by atomic mass is 10.0. The standard InChI is InChI=1S/C15H14Si/c1-16-12-11-13-7-9-15(10-8-13)14-5-3-2-4-6-14/h2-12H,1H3/b12-11+. The molecule has 0 N–H and O–H groups in total. The smallest absolute Gasteiger partial charge is 0.0668 e. The van der Waals surface area contributed by atoms with Gasteiger partial charge >= 0.3 is 0 Å². The monoisotopic (exact) mass is 222 g/mol. The third-order valence-corrected chi connectivity index (χ3v) is 2.96. The van der Waals surface area contributed by atoms with Crippen molar-refractivity contribution in [1.29, 1.82) is 0 Å². The summed E-state index contributed by atoms with van der Waals surface area (Å²) in [6, 6.07) is 19.1. The highest BCUT2D eigenvalue weighted by atomic mass is 28.2. The van der Waals surface area contributed by atoms with Gasteiger partial charge in [0.25, 0.3) is 0 Å². The minimum atomic E-state index is 0.873. The van der Waals surface area contributed by atoms with Crippen LogP contribution in [0.1, 0.15) is 5.56 Å². The zero-order valence-corrected chi connectivity index (χ0v) is 10.4. The van der Waals surface area contributed by atoms with Crippen molar-refractivity contribution in [2.45, 2.75) is 6.55 Å². The average molecular weight is 222 g/mol. The zero-order chi connectivity index (χ0) is 11.2. The molecule has 2 rings (SSSR count). The highest BCUT2D eigenvalue weighted by molar-refractivity contribution is 6.41. The summed E-state index contributed by atoms with van der Waals surface area (Å²) in [5, 5.41) is 0. The Morgan fingerprint density at radius 1 is 0.812 bits per heavy atom. The molecule has 0 aliphatic carbocycles. The fraction of sp³-hybridized carbons (Fsp3) is 0.0667. The van der Waals surface area contributed by atoms with E-state index in [-0.39, 0.29) is 0 Å². The van der Waals surface area contributed by atoms with Crippen molar-refractivity contribution in [3.8, 4) is 11.1 Å². The molecule has 0 heterocycles. The van der Waals surface area contributed by atoms with Crippen LogP contribution < -0.4 is 0 Å². The number of hydrogen-bond donors (Lipinski definition) is 0. The lowest BCUT2D eigenvalue weighted by Crippen LogP contribution is -1.78. The van der Waals surface area contributed by atoms with Crippen LogP contribution in [0.25, 0.3) is 17.2 Å². The van der Waals surface area contributed by atoms with Crippen molar-refractivity contribution < 1.29 is 0 Å². The van der Waals surface area contributed by atoms with Crippen LogP contribution in [0.4, 0.5) is 0 Å². The highest BCUT2D eigenvalue weighted by Gasteiger charge is 1.94. The molecule has 2 aromatic carbocycles. The second kappa shape index (κ2) is 5.47. The second-order valence-corrected chi connectivity index (χ2v) is 4.52. The Kier molecular flexibility index (Phi) is 3.73. The summed E-state index contributed by atoms with van der Waals surface area (Å²) >= 11 is 0. The summed E-state index contributed by atoms with van der Waals surface area (Å²) in [6.07, 6.45) is 2.17. The molecule has 2 aromatic rings. The van der Waals surface area contributed by atoms with Gasteiger partial charge in [-0.25, -0.2) is 0 Å². The zero-order valence-electron chi connectivity index (χ0n) is 9.35. The van der Waals surface area contributed by atoms with Crippen LogP contribution in [0, 0.1) is 0 Å². The topological polar surface area (TPSA) is 0 Å². The van der Waals surface area contributed by atoms with E-state index in [1.807, 2.05) is 6.07 Å². The van der Waals surface area contributed by atoms with Crippen molar-refractivity contribution in [3.05, 3.63) is 65.9 Å². The molecule has 0 bridgehead atoms. The maximum atomic E-state index is 2.21. The molecule has 2 radical (unpaired) electrons. The molecule has 0 aliphatic rings. The third kappa shape index (κ3) is 2.71. The largest absolute Gasteiger partial charge is 0.0985 e.